The Balaban J connectivity index is 1.73. The van der Waals surface area contributed by atoms with E-state index >= 15 is 0 Å². The quantitative estimate of drug-likeness (QED) is 0.875. The third-order valence-electron chi connectivity index (χ3n) is 5.04. The highest BCUT2D eigenvalue weighted by atomic mass is 19.1. The topological polar surface area (TPSA) is 43.8 Å². The van der Waals surface area contributed by atoms with E-state index in [0.717, 1.165) is 25.2 Å². The van der Waals surface area contributed by atoms with E-state index in [1.807, 2.05) is 23.1 Å². The molecule has 0 radical (unpaired) electrons. The summed E-state index contributed by atoms with van der Waals surface area (Å²) in [6.07, 6.45) is 2.46. The van der Waals surface area contributed by atoms with Gasteiger partial charge in [-0.1, -0.05) is 24.3 Å². The summed E-state index contributed by atoms with van der Waals surface area (Å²) in [6.45, 7) is 4.30. The Morgan fingerprint density at radius 2 is 2.17 bits per heavy atom. The molecular weight excluding hydrogens is 295 g/mol. The predicted molar refractivity (Wildman–Crippen MR) is 87.0 cm³/mol. The van der Waals surface area contributed by atoms with Crippen LogP contribution in [0, 0.1) is 5.92 Å². The molecule has 3 rings (SSSR count). The van der Waals surface area contributed by atoms with Crippen molar-refractivity contribution < 1.29 is 14.3 Å². The maximum atomic E-state index is 13.0. The van der Waals surface area contributed by atoms with Crippen molar-refractivity contribution in [3.8, 4) is 0 Å². The van der Waals surface area contributed by atoms with E-state index < -0.39 is 12.6 Å². The van der Waals surface area contributed by atoms with E-state index in [1.54, 1.807) is 0 Å². The monoisotopic (exact) mass is 320 g/mol. The Hall–Kier alpha value is -1.46. The van der Waals surface area contributed by atoms with Crippen LogP contribution in [0.5, 0.6) is 0 Å². The number of aliphatic carboxylic acids is 1. The van der Waals surface area contributed by atoms with Crippen molar-refractivity contribution in [2.45, 2.75) is 38.5 Å². The number of hydrogen-bond donors (Lipinski definition) is 1. The number of hydrogen-bond acceptors (Lipinski definition) is 3. The number of carbonyl (C=O) groups is 1. The fourth-order valence-electron chi connectivity index (χ4n) is 3.74. The molecule has 0 aromatic heterocycles. The van der Waals surface area contributed by atoms with Gasteiger partial charge < -0.3 is 5.11 Å². The van der Waals surface area contributed by atoms with Gasteiger partial charge in [0.2, 0.25) is 0 Å². The lowest BCUT2D eigenvalue weighted by Crippen LogP contribution is -2.54. The normalized spacial score (nSPS) is 24.5. The lowest BCUT2D eigenvalue weighted by Gasteiger charge is -2.43. The Morgan fingerprint density at radius 1 is 1.39 bits per heavy atom. The summed E-state index contributed by atoms with van der Waals surface area (Å²) in [7, 11) is 0. The minimum atomic E-state index is -0.764. The summed E-state index contributed by atoms with van der Waals surface area (Å²) in [5.41, 5.74) is 1.95. The summed E-state index contributed by atoms with van der Waals surface area (Å²) in [4.78, 5) is 15.4. The fraction of sp³-hybridized carbons (Fsp3) is 0.611. The molecule has 0 spiro atoms. The SMILES string of the molecule is CC1CN(C(c2cccc(CF)c2)C2CC2)CCN1CC(=O)O. The molecule has 1 aromatic rings. The highest BCUT2D eigenvalue weighted by Crippen LogP contribution is 2.45. The Bertz CT molecular complexity index is 562. The van der Waals surface area contributed by atoms with Crippen LogP contribution in [0.1, 0.15) is 36.9 Å². The standard InChI is InChI=1S/C18H25FN2O2/c1-13-11-21(8-7-20(13)12-17(22)23)18(15-5-6-15)16-4-2-3-14(9-16)10-19/h2-4,9,13,15,18H,5-8,10-12H2,1H3,(H,22,23). The van der Waals surface area contributed by atoms with Crippen molar-refractivity contribution >= 4 is 5.97 Å². The van der Waals surface area contributed by atoms with Crippen LogP contribution >= 0.6 is 0 Å². The number of carboxylic acids is 1. The molecular formula is C18H25FN2O2. The van der Waals surface area contributed by atoms with Crippen molar-refractivity contribution in [2.75, 3.05) is 26.2 Å². The van der Waals surface area contributed by atoms with Crippen molar-refractivity contribution in [1.29, 1.82) is 0 Å². The summed E-state index contributed by atoms with van der Waals surface area (Å²) >= 11 is 0. The minimum Gasteiger partial charge on any atom is -0.480 e. The minimum absolute atomic E-state index is 0.112. The van der Waals surface area contributed by atoms with Crippen molar-refractivity contribution in [2.24, 2.45) is 5.92 Å². The van der Waals surface area contributed by atoms with Gasteiger partial charge in [-0.3, -0.25) is 14.6 Å². The molecule has 2 atom stereocenters. The first-order valence-electron chi connectivity index (χ1n) is 8.43. The molecule has 126 valence electrons. The Kier molecular flexibility index (Phi) is 4.97. The number of carboxylic acid groups (broad SMARTS) is 1. The van der Waals surface area contributed by atoms with Crippen LogP contribution in [-0.4, -0.2) is 53.1 Å². The van der Waals surface area contributed by atoms with Crippen LogP contribution in [0.3, 0.4) is 0 Å². The second-order valence-electron chi connectivity index (χ2n) is 6.87. The maximum absolute atomic E-state index is 13.0. The molecule has 2 unspecified atom stereocenters. The van der Waals surface area contributed by atoms with Crippen LogP contribution in [0.4, 0.5) is 4.39 Å². The molecule has 1 aliphatic carbocycles. The largest absolute Gasteiger partial charge is 0.480 e. The zero-order valence-electron chi connectivity index (χ0n) is 13.6. The van der Waals surface area contributed by atoms with Crippen LogP contribution in [0.25, 0.3) is 0 Å². The van der Waals surface area contributed by atoms with E-state index in [1.165, 1.54) is 18.4 Å². The van der Waals surface area contributed by atoms with Gasteiger partial charge in [0.15, 0.2) is 0 Å². The van der Waals surface area contributed by atoms with Crippen LogP contribution in [0.15, 0.2) is 24.3 Å². The molecule has 1 aliphatic heterocycles. The van der Waals surface area contributed by atoms with Gasteiger partial charge in [0.25, 0.3) is 0 Å². The molecule has 2 fully saturated rings. The first-order valence-corrected chi connectivity index (χ1v) is 8.43. The molecule has 1 aromatic carbocycles. The number of alkyl halides is 1. The summed E-state index contributed by atoms with van der Waals surface area (Å²) in [5.74, 6) is -0.109. The molecule has 1 heterocycles. The molecule has 23 heavy (non-hydrogen) atoms. The van der Waals surface area contributed by atoms with Gasteiger partial charge in [-0.05, 0) is 36.8 Å². The van der Waals surface area contributed by atoms with Gasteiger partial charge in [-0.25, -0.2) is 4.39 Å². The Labute approximate surface area is 136 Å². The van der Waals surface area contributed by atoms with Gasteiger partial charge in [0, 0.05) is 31.7 Å². The fourth-order valence-corrected chi connectivity index (χ4v) is 3.74. The molecule has 1 saturated heterocycles. The average Bonchev–Trinajstić information content (AvgIpc) is 3.35. The molecule has 1 saturated carbocycles. The van der Waals surface area contributed by atoms with Crippen molar-refractivity contribution in [3.63, 3.8) is 0 Å². The number of piperazine rings is 1. The molecule has 0 amide bonds. The van der Waals surface area contributed by atoms with Gasteiger partial charge in [0.1, 0.15) is 6.67 Å². The third-order valence-corrected chi connectivity index (χ3v) is 5.04. The summed E-state index contributed by atoms with van der Waals surface area (Å²) < 4.78 is 13.0. The highest BCUT2D eigenvalue weighted by Gasteiger charge is 2.39. The number of rotatable bonds is 6. The van der Waals surface area contributed by atoms with E-state index in [2.05, 4.69) is 17.9 Å². The zero-order valence-corrected chi connectivity index (χ0v) is 13.6. The van der Waals surface area contributed by atoms with Crippen LogP contribution in [0.2, 0.25) is 0 Å². The summed E-state index contributed by atoms with van der Waals surface area (Å²) in [6, 6.07) is 8.46. The number of benzene rings is 1. The van der Waals surface area contributed by atoms with Gasteiger partial charge in [-0.15, -0.1) is 0 Å². The molecule has 5 heteroatoms. The molecule has 1 N–H and O–H groups in total. The van der Waals surface area contributed by atoms with Gasteiger partial charge in [0.05, 0.1) is 6.54 Å². The zero-order chi connectivity index (χ0) is 16.4. The first-order chi connectivity index (χ1) is 11.1. The van der Waals surface area contributed by atoms with E-state index in [9.17, 15) is 9.18 Å². The Morgan fingerprint density at radius 3 is 2.78 bits per heavy atom. The lowest BCUT2D eigenvalue weighted by molar-refractivity contribution is -0.139. The van der Waals surface area contributed by atoms with Crippen molar-refractivity contribution in [1.82, 2.24) is 9.80 Å². The number of halogens is 1. The average molecular weight is 320 g/mol. The van der Waals surface area contributed by atoms with Gasteiger partial charge in [-0.2, -0.15) is 0 Å². The first kappa shape index (κ1) is 16.4. The van der Waals surface area contributed by atoms with E-state index in [4.69, 9.17) is 5.11 Å². The second kappa shape index (κ2) is 6.97. The second-order valence-corrected chi connectivity index (χ2v) is 6.87. The summed E-state index contributed by atoms with van der Waals surface area (Å²) in [5, 5.41) is 9.00. The molecule has 2 aliphatic rings. The highest BCUT2D eigenvalue weighted by molar-refractivity contribution is 5.69. The maximum Gasteiger partial charge on any atom is 0.317 e. The van der Waals surface area contributed by atoms with E-state index in [0.29, 0.717) is 12.0 Å². The van der Waals surface area contributed by atoms with Crippen LogP contribution < -0.4 is 0 Å². The van der Waals surface area contributed by atoms with Gasteiger partial charge >= 0.3 is 5.97 Å². The smallest absolute Gasteiger partial charge is 0.317 e. The van der Waals surface area contributed by atoms with Crippen LogP contribution in [-0.2, 0) is 11.5 Å². The van der Waals surface area contributed by atoms with Crippen molar-refractivity contribution in [3.05, 3.63) is 35.4 Å². The third kappa shape index (κ3) is 3.90. The molecule has 4 nitrogen and oxygen atoms in total. The predicted octanol–water partition coefficient (Wildman–Crippen LogP) is 2.70. The van der Waals surface area contributed by atoms with E-state index in [-0.39, 0.29) is 12.6 Å². The number of nitrogens with zero attached hydrogens (tertiary/aromatic N) is 2. The lowest BCUT2D eigenvalue weighted by atomic mass is 9.97. The molecule has 0 bridgehead atoms.